The zero-order valence-corrected chi connectivity index (χ0v) is 12.8. The van der Waals surface area contributed by atoms with Crippen LogP contribution in [0.2, 0.25) is 0 Å². The quantitative estimate of drug-likeness (QED) is 0.835. The zero-order valence-electron chi connectivity index (χ0n) is 12.0. The first-order chi connectivity index (χ1) is 9.28. The van der Waals surface area contributed by atoms with E-state index < -0.39 is 0 Å². The summed E-state index contributed by atoms with van der Waals surface area (Å²) in [6.07, 6.45) is 7.28. The highest BCUT2D eigenvalue weighted by Gasteiger charge is 2.16. The highest BCUT2D eigenvalue weighted by molar-refractivity contribution is 7.15. The molecule has 1 aliphatic rings. The van der Waals surface area contributed by atoms with Crippen molar-refractivity contribution in [3.05, 3.63) is 11.1 Å². The molecule has 2 heterocycles. The number of aromatic nitrogens is 1. The summed E-state index contributed by atoms with van der Waals surface area (Å²) >= 11 is 1.76. The molecule has 1 aromatic heterocycles. The predicted octanol–water partition coefficient (Wildman–Crippen LogP) is 2.97. The van der Waals surface area contributed by atoms with Gasteiger partial charge in [0.1, 0.15) is 0 Å². The average Bonchev–Trinajstić information content (AvgIpc) is 2.85. The van der Waals surface area contributed by atoms with E-state index in [-0.39, 0.29) is 0 Å². The Balaban J connectivity index is 1.74. The van der Waals surface area contributed by atoms with Gasteiger partial charge in [-0.3, -0.25) is 4.90 Å². The molecule has 108 valence electrons. The van der Waals surface area contributed by atoms with Crippen molar-refractivity contribution >= 4 is 16.5 Å². The van der Waals surface area contributed by atoms with Crippen molar-refractivity contribution in [2.75, 3.05) is 32.1 Å². The fourth-order valence-electron chi connectivity index (χ4n) is 2.32. The van der Waals surface area contributed by atoms with Gasteiger partial charge in [-0.05, 0) is 32.7 Å². The molecule has 1 unspecified atom stereocenters. The summed E-state index contributed by atoms with van der Waals surface area (Å²) in [5.41, 5.74) is 0. The van der Waals surface area contributed by atoms with Gasteiger partial charge >= 0.3 is 0 Å². The van der Waals surface area contributed by atoms with Crippen molar-refractivity contribution in [1.29, 1.82) is 0 Å². The number of nitrogens with zero attached hydrogens (tertiary/aromatic N) is 2. The van der Waals surface area contributed by atoms with Crippen molar-refractivity contribution in [3.63, 3.8) is 0 Å². The molecular formula is C14H25N3OS. The van der Waals surface area contributed by atoms with E-state index in [1.54, 1.807) is 11.3 Å². The lowest BCUT2D eigenvalue weighted by Gasteiger charge is -2.27. The topological polar surface area (TPSA) is 37.4 Å². The second-order valence-electron chi connectivity index (χ2n) is 5.24. The molecule has 1 fully saturated rings. The molecule has 5 heteroatoms. The van der Waals surface area contributed by atoms with Crippen molar-refractivity contribution in [3.8, 4) is 0 Å². The van der Waals surface area contributed by atoms with Gasteiger partial charge in [0, 0.05) is 37.3 Å². The Labute approximate surface area is 120 Å². The van der Waals surface area contributed by atoms with Crippen LogP contribution in [-0.2, 0) is 11.3 Å². The third-order valence-corrected chi connectivity index (χ3v) is 4.23. The number of hydrogen-bond donors (Lipinski definition) is 1. The monoisotopic (exact) mass is 283 g/mol. The van der Waals surface area contributed by atoms with Crippen LogP contribution in [0.4, 0.5) is 5.13 Å². The molecule has 1 aliphatic heterocycles. The second kappa shape index (κ2) is 7.82. The summed E-state index contributed by atoms with van der Waals surface area (Å²) < 4.78 is 5.78. The minimum absolute atomic E-state index is 0.421. The first-order valence-corrected chi connectivity index (χ1v) is 8.08. The maximum Gasteiger partial charge on any atom is 0.182 e. The zero-order chi connectivity index (χ0) is 13.5. The Morgan fingerprint density at radius 1 is 1.53 bits per heavy atom. The van der Waals surface area contributed by atoms with Gasteiger partial charge in [-0.25, -0.2) is 4.98 Å². The molecule has 0 aliphatic carbocycles. The Kier molecular flexibility index (Phi) is 6.07. The SMILES string of the molecule is CCCNc1ncc(CN(C)CC2CCCCO2)s1. The predicted molar refractivity (Wildman–Crippen MR) is 80.8 cm³/mol. The van der Waals surface area contributed by atoms with Crippen molar-refractivity contribution in [2.45, 2.75) is 45.3 Å². The largest absolute Gasteiger partial charge is 0.377 e. The third-order valence-electron chi connectivity index (χ3n) is 3.29. The maximum absolute atomic E-state index is 5.78. The van der Waals surface area contributed by atoms with Crippen LogP contribution < -0.4 is 5.32 Å². The molecule has 1 saturated heterocycles. The minimum Gasteiger partial charge on any atom is -0.377 e. The van der Waals surface area contributed by atoms with Crippen LogP contribution >= 0.6 is 11.3 Å². The standard InChI is InChI=1S/C14H25N3OS/c1-3-7-15-14-16-9-13(19-14)11-17(2)10-12-6-4-5-8-18-12/h9,12H,3-8,10-11H2,1-2H3,(H,15,16). The molecule has 2 rings (SSSR count). The molecule has 19 heavy (non-hydrogen) atoms. The van der Waals surface area contributed by atoms with Crippen molar-refractivity contribution in [2.24, 2.45) is 0 Å². The van der Waals surface area contributed by atoms with Gasteiger partial charge in [-0.1, -0.05) is 6.92 Å². The first kappa shape index (κ1) is 14.8. The van der Waals surface area contributed by atoms with Crippen LogP contribution in [0.15, 0.2) is 6.20 Å². The number of hydrogen-bond acceptors (Lipinski definition) is 5. The van der Waals surface area contributed by atoms with Crippen molar-refractivity contribution < 1.29 is 4.74 Å². The Morgan fingerprint density at radius 2 is 2.42 bits per heavy atom. The fraction of sp³-hybridized carbons (Fsp3) is 0.786. The maximum atomic E-state index is 5.78. The average molecular weight is 283 g/mol. The van der Waals surface area contributed by atoms with Gasteiger partial charge in [0.15, 0.2) is 5.13 Å². The third kappa shape index (κ3) is 5.09. The van der Waals surface area contributed by atoms with Gasteiger partial charge in [0.05, 0.1) is 6.10 Å². The van der Waals surface area contributed by atoms with Crippen LogP contribution in [0.1, 0.15) is 37.5 Å². The van der Waals surface area contributed by atoms with Gasteiger partial charge in [0.25, 0.3) is 0 Å². The number of likely N-dealkylation sites (N-methyl/N-ethyl adjacent to an activating group) is 1. The van der Waals surface area contributed by atoms with Crippen LogP contribution in [-0.4, -0.2) is 42.7 Å². The Morgan fingerprint density at radius 3 is 3.16 bits per heavy atom. The van der Waals surface area contributed by atoms with Gasteiger partial charge < -0.3 is 10.1 Å². The van der Waals surface area contributed by atoms with E-state index in [0.29, 0.717) is 6.10 Å². The highest BCUT2D eigenvalue weighted by Crippen LogP contribution is 2.20. The lowest BCUT2D eigenvalue weighted by Crippen LogP contribution is -2.32. The summed E-state index contributed by atoms with van der Waals surface area (Å²) in [5, 5.41) is 4.37. The van der Waals surface area contributed by atoms with Crippen molar-refractivity contribution in [1.82, 2.24) is 9.88 Å². The van der Waals surface area contributed by atoms with E-state index in [1.165, 1.54) is 24.1 Å². The van der Waals surface area contributed by atoms with Gasteiger partial charge in [-0.2, -0.15) is 0 Å². The molecule has 0 aromatic carbocycles. The van der Waals surface area contributed by atoms with E-state index in [9.17, 15) is 0 Å². The van der Waals surface area contributed by atoms with E-state index in [4.69, 9.17) is 4.74 Å². The first-order valence-electron chi connectivity index (χ1n) is 7.26. The van der Waals surface area contributed by atoms with E-state index >= 15 is 0 Å². The van der Waals surface area contributed by atoms with E-state index in [1.807, 2.05) is 6.20 Å². The summed E-state index contributed by atoms with van der Waals surface area (Å²) in [6.45, 7) is 6.09. The van der Waals surface area contributed by atoms with Crippen LogP contribution in [0.3, 0.4) is 0 Å². The minimum atomic E-state index is 0.421. The molecular weight excluding hydrogens is 258 g/mol. The van der Waals surface area contributed by atoms with Crippen LogP contribution in [0.5, 0.6) is 0 Å². The molecule has 1 N–H and O–H groups in total. The number of ether oxygens (including phenoxy) is 1. The molecule has 0 bridgehead atoms. The summed E-state index contributed by atoms with van der Waals surface area (Å²) in [5.74, 6) is 0. The Bertz CT molecular complexity index is 363. The lowest BCUT2D eigenvalue weighted by molar-refractivity contribution is -0.00246. The second-order valence-corrected chi connectivity index (χ2v) is 6.36. The molecule has 0 spiro atoms. The van der Waals surface area contributed by atoms with E-state index in [0.717, 1.165) is 37.8 Å². The van der Waals surface area contributed by atoms with E-state index in [2.05, 4.69) is 29.2 Å². The van der Waals surface area contributed by atoms with Gasteiger partial charge in [0.2, 0.25) is 0 Å². The normalized spacial score (nSPS) is 19.8. The highest BCUT2D eigenvalue weighted by atomic mass is 32.1. The summed E-state index contributed by atoms with van der Waals surface area (Å²) in [4.78, 5) is 8.06. The lowest BCUT2D eigenvalue weighted by atomic mass is 10.1. The molecule has 0 radical (unpaired) electrons. The number of anilines is 1. The molecule has 4 nitrogen and oxygen atoms in total. The molecule has 0 amide bonds. The summed E-state index contributed by atoms with van der Waals surface area (Å²) in [7, 11) is 2.16. The number of nitrogens with one attached hydrogen (secondary N) is 1. The van der Waals surface area contributed by atoms with Gasteiger partial charge in [-0.15, -0.1) is 11.3 Å². The van der Waals surface area contributed by atoms with Crippen LogP contribution in [0, 0.1) is 0 Å². The summed E-state index contributed by atoms with van der Waals surface area (Å²) in [6, 6.07) is 0. The smallest absolute Gasteiger partial charge is 0.182 e. The molecule has 1 atom stereocenters. The number of rotatable bonds is 7. The Hall–Kier alpha value is -0.650. The number of thiazole rings is 1. The molecule has 1 aromatic rings. The molecule has 0 saturated carbocycles. The fourth-order valence-corrected chi connectivity index (χ4v) is 3.24. The van der Waals surface area contributed by atoms with Crippen LogP contribution in [0.25, 0.3) is 0 Å².